The molecule has 1 atom stereocenters. The van der Waals surface area contributed by atoms with Gasteiger partial charge in [0.2, 0.25) is 0 Å². The van der Waals surface area contributed by atoms with Gasteiger partial charge in [-0.1, -0.05) is 13.0 Å². The largest absolute Gasteiger partial charge is 0.382 e. The third kappa shape index (κ3) is 4.35. The number of halogens is 2. The van der Waals surface area contributed by atoms with Crippen molar-refractivity contribution in [3.63, 3.8) is 0 Å². The van der Waals surface area contributed by atoms with Gasteiger partial charge in [0.1, 0.15) is 11.6 Å². The highest BCUT2D eigenvalue weighted by Crippen LogP contribution is 2.23. The fourth-order valence-corrected chi connectivity index (χ4v) is 1.86. The lowest BCUT2D eigenvalue weighted by Crippen LogP contribution is -2.25. The standard InChI is InChI=1S/C14H21F2NO/c1-3-9-17-13(8-10-18-4-2)14-11(15)6-5-7-12(14)16/h5-7,13,17H,3-4,8-10H2,1-2H3. The summed E-state index contributed by atoms with van der Waals surface area (Å²) in [5.74, 6) is -1.000. The summed E-state index contributed by atoms with van der Waals surface area (Å²) in [7, 11) is 0. The number of ether oxygens (including phenoxy) is 1. The van der Waals surface area contributed by atoms with E-state index in [-0.39, 0.29) is 11.6 Å². The lowest BCUT2D eigenvalue weighted by atomic mass is 10.0. The highest BCUT2D eigenvalue weighted by atomic mass is 19.1. The van der Waals surface area contributed by atoms with Gasteiger partial charge in [-0.3, -0.25) is 0 Å². The summed E-state index contributed by atoms with van der Waals surface area (Å²) in [6, 6.07) is 3.63. The Hall–Kier alpha value is -1.00. The van der Waals surface area contributed by atoms with Crippen LogP contribution in [0.2, 0.25) is 0 Å². The van der Waals surface area contributed by atoms with Gasteiger partial charge in [0.15, 0.2) is 0 Å². The quantitative estimate of drug-likeness (QED) is 0.720. The predicted molar refractivity (Wildman–Crippen MR) is 68.5 cm³/mol. The lowest BCUT2D eigenvalue weighted by Gasteiger charge is -2.20. The predicted octanol–water partition coefficient (Wildman–Crippen LogP) is 3.43. The molecule has 2 nitrogen and oxygen atoms in total. The zero-order valence-corrected chi connectivity index (χ0v) is 11.0. The smallest absolute Gasteiger partial charge is 0.130 e. The first-order chi connectivity index (χ1) is 8.70. The molecule has 1 rings (SSSR count). The van der Waals surface area contributed by atoms with Gasteiger partial charge in [-0.15, -0.1) is 0 Å². The van der Waals surface area contributed by atoms with Crippen molar-refractivity contribution >= 4 is 0 Å². The second-order valence-corrected chi connectivity index (χ2v) is 4.13. The molecule has 0 heterocycles. The van der Waals surface area contributed by atoms with E-state index in [4.69, 9.17) is 4.74 Å². The molecule has 0 fully saturated rings. The average molecular weight is 257 g/mol. The molecule has 4 heteroatoms. The normalized spacial score (nSPS) is 12.7. The third-order valence-corrected chi connectivity index (χ3v) is 2.74. The monoisotopic (exact) mass is 257 g/mol. The number of nitrogens with one attached hydrogen (secondary N) is 1. The molecule has 0 aliphatic rings. The zero-order chi connectivity index (χ0) is 13.4. The Bertz CT molecular complexity index is 337. The molecule has 1 unspecified atom stereocenters. The summed E-state index contributed by atoms with van der Waals surface area (Å²) in [5, 5.41) is 3.17. The SMILES string of the molecule is CCCNC(CCOCC)c1c(F)cccc1F. The highest BCUT2D eigenvalue weighted by Gasteiger charge is 2.19. The topological polar surface area (TPSA) is 21.3 Å². The first kappa shape index (κ1) is 15.1. The number of hydrogen-bond acceptors (Lipinski definition) is 2. The number of benzene rings is 1. The van der Waals surface area contributed by atoms with Crippen LogP contribution in [0.25, 0.3) is 0 Å². The average Bonchev–Trinajstić information content (AvgIpc) is 2.35. The summed E-state index contributed by atoms with van der Waals surface area (Å²) in [6.07, 6.45) is 1.48. The molecule has 0 aliphatic carbocycles. The molecular weight excluding hydrogens is 236 g/mol. The van der Waals surface area contributed by atoms with Crippen molar-refractivity contribution in [1.82, 2.24) is 5.32 Å². The fourth-order valence-electron chi connectivity index (χ4n) is 1.86. The van der Waals surface area contributed by atoms with Gasteiger partial charge in [0.25, 0.3) is 0 Å². The Morgan fingerprint density at radius 3 is 2.44 bits per heavy atom. The van der Waals surface area contributed by atoms with Crippen molar-refractivity contribution in [1.29, 1.82) is 0 Å². The minimum atomic E-state index is -0.500. The van der Waals surface area contributed by atoms with Gasteiger partial charge in [0.05, 0.1) is 0 Å². The van der Waals surface area contributed by atoms with Crippen molar-refractivity contribution in [3.05, 3.63) is 35.4 Å². The molecule has 0 spiro atoms. The van der Waals surface area contributed by atoms with Gasteiger partial charge >= 0.3 is 0 Å². The maximum atomic E-state index is 13.7. The molecule has 0 aliphatic heterocycles. The van der Waals surface area contributed by atoms with Crippen molar-refractivity contribution < 1.29 is 13.5 Å². The summed E-state index contributed by atoms with van der Waals surface area (Å²) in [5.41, 5.74) is 0.116. The molecule has 0 saturated heterocycles. The minimum Gasteiger partial charge on any atom is -0.382 e. The van der Waals surface area contributed by atoms with Crippen LogP contribution in [0.1, 0.15) is 38.3 Å². The van der Waals surface area contributed by atoms with E-state index < -0.39 is 11.6 Å². The van der Waals surface area contributed by atoms with Crippen LogP contribution in [-0.2, 0) is 4.74 Å². The summed E-state index contributed by atoms with van der Waals surface area (Å²) >= 11 is 0. The van der Waals surface area contributed by atoms with E-state index in [0.717, 1.165) is 13.0 Å². The molecular formula is C14H21F2NO. The maximum absolute atomic E-state index is 13.7. The molecule has 1 N–H and O–H groups in total. The summed E-state index contributed by atoms with van der Waals surface area (Å²) < 4.78 is 32.7. The maximum Gasteiger partial charge on any atom is 0.130 e. The Balaban J connectivity index is 2.79. The zero-order valence-electron chi connectivity index (χ0n) is 11.0. The van der Waals surface area contributed by atoms with E-state index in [2.05, 4.69) is 5.32 Å². The van der Waals surface area contributed by atoms with Crippen LogP contribution in [-0.4, -0.2) is 19.8 Å². The molecule has 102 valence electrons. The molecule has 0 radical (unpaired) electrons. The van der Waals surface area contributed by atoms with Crippen LogP contribution in [0, 0.1) is 11.6 Å². The van der Waals surface area contributed by atoms with Gasteiger partial charge in [-0.05, 0) is 38.4 Å². The van der Waals surface area contributed by atoms with Crippen molar-refractivity contribution in [2.24, 2.45) is 0 Å². The Labute approximate surface area is 107 Å². The van der Waals surface area contributed by atoms with Crippen LogP contribution < -0.4 is 5.32 Å². The molecule has 0 aromatic heterocycles. The lowest BCUT2D eigenvalue weighted by molar-refractivity contribution is 0.135. The van der Waals surface area contributed by atoms with Gasteiger partial charge in [-0.2, -0.15) is 0 Å². The van der Waals surface area contributed by atoms with Crippen LogP contribution >= 0.6 is 0 Å². The summed E-state index contributed by atoms with van der Waals surface area (Å²) in [4.78, 5) is 0. The van der Waals surface area contributed by atoms with Gasteiger partial charge < -0.3 is 10.1 Å². The van der Waals surface area contributed by atoms with E-state index in [1.807, 2.05) is 13.8 Å². The van der Waals surface area contributed by atoms with Crippen LogP contribution in [0.15, 0.2) is 18.2 Å². The van der Waals surface area contributed by atoms with Gasteiger partial charge in [0, 0.05) is 24.8 Å². The Kier molecular flexibility index (Phi) is 6.83. The van der Waals surface area contributed by atoms with Crippen LogP contribution in [0.3, 0.4) is 0 Å². The molecule has 1 aromatic carbocycles. The number of hydrogen-bond donors (Lipinski definition) is 1. The molecule has 0 saturated carbocycles. The Morgan fingerprint density at radius 1 is 1.22 bits per heavy atom. The van der Waals surface area contributed by atoms with E-state index in [0.29, 0.717) is 19.6 Å². The minimum absolute atomic E-state index is 0.116. The number of rotatable bonds is 8. The van der Waals surface area contributed by atoms with Crippen molar-refractivity contribution in [2.75, 3.05) is 19.8 Å². The summed E-state index contributed by atoms with van der Waals surface area (Å²) in [6.45, 7) is 5.75. The second-order valence-electron chi connectivity index (χ2n) is 4.13. The highest BCUT2D eigenvalue weighted by molar-refractivity contribution is 5.23. The van der Waals surface area contributed by atoms with Crippen LogP contribution in [0.4, 0.5) is 8.78 Å². The van der Waals surface area contributed by atoms with E-state index in [1.165, 1.54) is 18.2 Å². The van der Waals surface area contributed by atoms with Crippen molar-refractivity contribution in [2.45, 2.75) is 32.7 Å². The van der Waals surface area contributed by atoms with Crippen LogP contribution in [0.5, 0.6) is 0 Å². The van der Waals surface area contributed by atoms with E-state index in [9.17, 15) is 8.78 Å². The molecule has 0 amide bonds. The Morgan fingerprint density at radius 2 is 1.89 bits per heavy atom. The molecule has 1 aromatic rings. The van der Waals surface area contributed by atoms with E-state index in [1.54, 1.807) is 0 Å². The molecule has 0 bridgehead atoms. The fraction of sp³-hybridized carbons (Fsp3) is 0.571. The van der Waals surface area contributed by atoms with Crippen molar-refractivity contribution in [3.8, 4) is 0 Å². The third-order valence-electron chi connectivity index (χ3n) is 2.74. The first-order valence-corrected chi connectivity index (χ1v) is 6.45. The second kappa shape index (κ2) is 8.16. The van der Waals surface area contributed by atoms with E-state index >= 15 is 0 Å². The van der Waals surface area contributed by atoms with Gasteiger partial charge in [-0.25, -0.2) is 8.78 Å². The first-order valence-electron chi connectivity index (χ1n) is 6.45. The molecule has 18 heavy (non-hydrogen) atoms.